The van der Waals surface area contributed by atoms with Crippen molar-refractivity contribution in [2.24, 2.45) is 0 Å². The summed E-state index contributed by atoms with van der Waals surface area (Å²) in [5.41, 5.74) is 7.27. The molecule has 2 aromatic rings. The normalized spacial score (nSPS) is 9.85. The number of amides is 1. The molecule has 3 N–H and O–H groups in total. The number of nitrogen functional groups attached to an aromatic ring is 1. The molecule has 0 heterocycles. The first-order chi connectivity index (χ1) is 9.52. The third-order valence-corrected chi connectivity index (χ3v) is 2.87. The third-order valence-electron chi connectivity index (χ3n) is 2.87. The van der Waals surface area contributed by atoms with E-state index in [4.69, 9.17) is 11.0 Å². The van der Waals surface area contributed by atoms with Crippen molar-refractivity contribution in [2.45, 2.75) is 6.92 Å². The lowest BCUT2D eigenvalue weighted by Crippen LogP contribution is -2.14. The summed E-state index contributed by atoms with van der Waals surface area (Å²) in [5.74, 6) is -1.08. The Labute approximate surface area is 115 Å². The molecule has 0 fully saturated rings. The number of carbonyl (C=O) groups is 1. The van der Waals surface area contributed by atoms with Crippen molar-refractivity contribution in [3.8, 4) is 6.07 Å². The van der Waals surface area contributed by atoms with Crippen LogP contribution in [0.15, 0.2) is 36.4 Å². The molecule has 0 atom stereocenters. The van der Waals surface area contributed by atoms with Crippen LogP contribution in [0.2, 0.25) is 0 Å². The summed E-state index contributed by atoms with van der Waals surface area (Å²) in [5, 5.41) is 11.5. The molecule has 0 bridgehead atoms. The van der Waals surface area contributed by atoms with Gasteiger partial charge in [0.2, 0.25) is 0 Å². The first-order valence-electron chi connectivity index (χ1n) is 5.89. The summed E-state index contributed by atoms with van der Waals surface area (Å²) < 4.78 is 13.4. The molecule has 4 nitrogen and oxygen atoms in total. The Kier molecular flexibility index (Phi) is 3.67. The molecule has 0 spiro atoms. The predicted molar refractivity (Wildman–Crippen MR) is 74.7 cm³/mol. The van der Waals surface area contributed by atoms with Crippen molar-refractivity contribution in [1.82, 2.24) is 0 Å². The number of nitriles is 1. The fourth-order valence-electron chi connectivity index (χ4n) is 1.87. The van der Waals surface area contributed by atoms with Gasteiger partial charge in [-0.05, 0) is 42.8 Å². The Morgan fingerprint density at radius 1 is 1.35 bits per heavy atom. The van der Waals surface area contributed by atoms with Crippen molar-refractivity contribution in [1.29, 1.82) is 5.26 Å². The van der Waals surface area contributed by atoms with Gasteiger partial charge in [0, 0.05) is 11.3 Å². The van der Waals surface area contributed by atoms with Crippen LogP contribution in [-0.2, 0) is 0 Å². The molecule has 0 aliphatic carbocycles. The number of halogens is 1. The van der Waals surface area contributed by atoms with E-state index in [1.54, 1.807) is 31.2 Å². The Hall–Kier alpha value is -2.87. The molecule has 100 valence electrons. The SMILES string of the molecule is Cc1cc(N)ccc1C(=O)Nc1cccc(F)c1C#N. The zero-order valence-electron chi connectivity index (χ0n) is 10.8. The molecule has 0 unspecified atom stereocenters. The van der Waals surface area contributed by atoms with E-state index in [0.29, 0.717) is 16.8 Å². The first-order valence-corrected chi connectivity index (χ1v) is 5.89. The van der Waals surface area contributed by atoms with Gasteiger partial charge in [-0.2, -0.15) is 5.26 Å². The Morgan fingerprint density at radius 2 is 2.10 bits per heavy atom. The molecule has 0 radical (unpaired) electrons. The van der Waals surface area contributed by atoms with Gasteiger partial charge in [-0.15, -0.1) is 0 Å². The molecule has 20 heavy (non-hydrogen) atoms. The molecule has 0 aliphatic rings. The lowest BCUT2D eigenvalue weighted by atomic mass is 10.1. The van der Waals surface area contributed by atoms with Gasteiger partial charge in [0.25, 0.3) is 5.91 Å². The van der Waals surface area contributed by atoms with Crippen LogP contribution in [-0.4, -0.2) is 5.91 Å². The van der Waals surface area contributed by atoms with Crippen LogP contribution in [0.3, 0.4) is 0 Å². The third kappa shape index (κ3) is 2.59. The lowest BCUT2D eigenvalue weighted by molar-refractivity contribution is 0.102. The van der Waals surface area contributed by atoms with Gasteiger partial charge < -0.3 is 11.1 Å². The van der Waals surface area contributed by atoms with E-state index in [0.717, 1.165) is 0 Å². The second-order valence-corrected chi connectivity index (χ2v) is 4.30. The molecular formula is C15H12FN3O. The zero-order chi connectivity index (χ0) is 14.7. The molecular weight excluding hydrogens is 257 g/mol. The van der Waals surface area contributed by atoms with Crippen molar-refractivity contribution in [3.05, 3.63) is 58.9 Å². The molecule has 5 heteroatoms. The Balaban J connectivity index is 2.33. The molecule has 0 saturated heterocycles. The van der Waals surface area contributed by atoms with E-state index < -0.39 is 11.7 Å². The van der Waals surface area contributed by atoms with E-state index >= 15 is 0 Å². The standard InChI is InChI=1S/C15H12FN3O/c1-9-7-10(18)5-6-11(9)15(20)19-14-4-2-3-13(16)12(14)8-17/h2-7H,18H2,1H3,(H,19,20). The summed E-state index contributed by atoms with van der Waals surface area (Å²) in [4.78, 5) is 12.1. The maximum Gasteiger partial charge on any atom is 0.255 e. The van der Waals surface area contributed by atoms with Gasteiger partial charge in [0.05, 0.1) is 5.69 Å². The van der Waals surface area contributed by atoms with E-state index in [1.807, 2.05) is 0 Å². The van der Waals surface area contributed by atoms with Crippen LogP contribution in [0.1, 0.15) is 21.5 Å². The second kappa shape index (κ2) is 5.41. The van der Waals surface area contributed by atoms with E-state index in [-0.39, 0.29) is 11.3 Å². The van der Waals surface area contributed by atoms with Crippen LogP contribution < -0.4 is 11.1 Å². The number of carbonyl (C=O) groups excluding carboxylic acids is 1. The van der Waals surface area contributed by atoms with Gasteiger partial charge in [-0.25, -0.2) is 4.39 Å². The highest BCUT2D eigenvalue weighted by Crippen LogP contribution is 2.20. The maximum atomic E-state index is 13.4. The number of benzene rings is 2. The van der Waals surface area contributed by atoms with Gasteiger partial charge >= 0.3 is 0 Å². The summed E-state index contributed by atoms with van der Waals surface area (Å²) in [6, 6.07) is 10.7. The van der Waals surface area contributed by atoms with Crippen LogP contribution in [0.25, 0.3) is 0 Å². The number of hydrogen-bond donors (Lipinski definition) is 2. The Morgan fingerprint density at radius 3 is 2.75 bits per heavy atom. The largest absolute Gasteiger partial charge is 0.399 e. The van der Waals surface area contributed by atoms with Crippen molar-refractivity contribution in [2.75, 3.05) is 11.1 Å². The minimum atomic E-state index is -0.667. The molecule has 1 amide bonds. The highest BCUT2D eigenvalue weighted by Gasteiger charge is 2.13. The number of nitrogens with zero attached hydrogens (tertiary/aromatic N) is 1. The summed E-state index contributed by atoms with van der Waals surface area (Å²) in [6.45, 7) is 1.75. The van der Waals surface area contributed by atoms with Crippen LogP contribution in [0.4, 0.5) is 15.8 Å². The molecule has 0 aliphatic heterocycles. The van der Waals surface area contributed by atoms with Crippen molar-refractivity contribution < 1.29 is 9.18 Å². The highest BCUT2D eigenvalue weighted by molar-refractivity contribution is 6.06. The lowest BCUT2D eigenvalue weighted by Gasteiger charge is -2.09. The van der Waals surface area contributed by atoms with Crippen LogP contribution in [0, 0.1) is 24.1 Å². The fraction of sp³-hybridized carbons (Fsp3) is 0.0667. The summed E-state index contributed by atoms with van der Waals surface area (Å²) >= 11 is 0. The van der Waals surface area contributed by atoms with Gasteiger partial charge in [-0.3, -0.25) is 4.79 Å². The number of rotatable bonds is 2. The molecule has 0 saturated carbocycles. The van der Waals surface area contributed by atoms with Crippen LogP contribution >= 0.6 is 0 Å². The number of hydrogen-bond acceptors (Lipinski definition) is 3. The second-order valence-electron chi connectivity index (χ2n) is 4.30. The van der Waals surface area contributed by atoms with E-state index in [9.17, 15) is 9.18 Å². The summed E-state index contributed by atoms with van der Waals surface area (Å²) in [7, 11) is 0. The van der Waals surface area contributed by atoms with Crippen molar-refractivity contribution in [3.63, 3.8) is 0 Å². The minimum Gasteiger partial charge on any atom is -0.399 e. The fourth-order valence-corrected chi connectivity index (χ4v) is 1.87. The number of nitrogens with two attached hydrogens (primary N) is 1. The zero-order valence-corrected chi connectivity index (χ0v) is 10.8. The predicted octanol–water partition coefficient (Wildman–Crippen LogP) is 2.84. The summed E-state index contributed by atoms with van der Waals surface area (Å²) in [6.07, 6.45) is 0. The monoisotopic (exact) mass is 269 g/mol. The first kappa shape index (κ1) is 13.6. The number of aryl methyl sites for hydroxylation is 1. The average Bonchev–Trinajstić information content (AvgIpc) is 2.38. The van der Waals surface area contributed by atoms with E-state index in [2.05, 4.69) is 5.32 Å². The number of nitrogens with one attached hydrogen (secondary N) is 1. The topological polar surface area (TPSA) is 78.9 Å². The Bertz CT molecular complexity index is 720. The van der Waals surface area contributed by atoms with Gasteiger partial charge in [0.1, 0.15) is 17.4 Å². The quantitative estimate of drug-likeness (QED) is 0.823. The van der Waals surface area contributed by atoms with Crippen molar-refractivity contribution >= 4 is 17.3 Å². The molecule has 0 aromatic heterocycles. The molecule has 2 aromatic carbocycles. The smallest absolute Gasteiger partial charge is 0.255 e. The van der Waals surface area contributed by atoms with Gasteiger partial charge in [-0.1, -0.05) is 6.07 Å². The highest BCUT2D eigenvalue weighted by atomic mass is 19.1. The minimum absolute atomic E-state index is 0.147. The van der Waals surface area contributed by atoms with E-state index in [1.165, 1.54) is 18.2 Å². The average molecular weight is 269 g/mol. The number of anilines is 2. The maximum absolute atomic E-state index is 13.4. The molecule has 2 rings (SSSR count). The van der Waals surface area contributed by atoms with Crippen LogP contribution in [0.5, 0.6) is 0 Å². The van der Waals surface area contributed by atoms with Gasteiger partial charge in [0.15, 0.2) is 0 Å².